The second-order valence-electron chi connectivity index (χ2n) is 7.80. The first-order valence-corrected chi connectivity index (χ1v) is 10.7. The van der Waals surface area contributed by atoms with E-state index < -0.39 is 5.97 Å². The first kappa shape index (κ1) is 23.1. The summed E-state index contributed by atoms with van der Waals surface area (Å²) in [6, 6.07) is 11.5. The lowest BCUT2D eigenvalue weighted by molar-refractivity contribution is -0.117. The maximum atomic E-state index is 12.2. The van der Waals surface area contributed by atoms with Crippen molar-refractivity contribution in [1.29, 1.82) is 0 Å². The summed E-state index contributed by atoms with van der Waals surface area (Å²) in [6.45, 7) is 6.62. The molecule has 168 valence electrons. The molecule has 32 heavy (non-hydrogen) atoms. The molecule has 0 bridgehead atoms. The number of hydrogen-bond donors (Lipinski definition) is 2. The Labute approximate surface area is 188 Å². The highest BCUT2D eigenvalue weighted by atomic mass is 16.5. The number of rotatable bonds is 8. The van der Waals surface area contributed by atoms with Crippen molar-refractivity contribution in [3.05, 3.63) is 70.4 Å². The van der Waals surface area contributed by atoms with Crippen LogP contribution in [-0.4, -0.2) is 37.6 Å². The van der Waals surface area contributed by atoms with Crippen LogP contribution in [0.4, 0.5) is 0 Å². The molecule has 0 aliphatic heterocycles. The maximum Gasteiger partial charge on any atom is 0.337 e. The Hall–Kier alpha value is -3.54. The quantitative estimate of drug-likeness (QED) is 0.384. The largest absolute Gasteiger partial charge is 0.496 e. The van der Waals surface area contributed by atoms with E-state index in [0.29, 0.717) is 23.4 Å². The highest BCUT2D eigenvalue weighted by molar-refractivity contribution is 5.98. The van der Waals surface area contributed by atoms with Crippen LogP contribution in [-0.2, 0) is 9.53 Å². The molecule has 0 saturated carbocycles. The van der Waals surface area contributed by atoms with Crippen molar-refractivity contribution in [2.75, 3.05) is 20.8 Å². The number of carbonyl (C=O) groups is 2. The topological polar surface area (TPSA) is 80.4 Å². The summed E-state index contributed by atoms with van der Waals surface area (Å²) in [5.74, 6) is 0.197. The van der Waals surface area contributed by atoms with Crippen molar-refractivity contribution in [2.24, 2.45) is 0 Å². The van der Waals surface area contributed by atoms with E-state index in [0.717, 1.165) is 34.0 Å². The summed E-state index contributed by atoms with van der Waals surface area (Å²) in [5, 5.41) is 3.98. The number of aromatic nitrogens is 1. The first-order valence-electron chi connectivity index (χ1n) is 10.7. The molecule has 0 saturated heterocycles. The molecular formula is C26H30N2O4. The molecule has 3 aromatic rings. The van der Waals surface area contributed by atoms with Gasteiger partial charge in [-0.3, -0.25) is 4.79 Å². The molecule has 2 aromatic carbocycles. The van der Waals surface area contributed by atoms with Gasteiger partial charge in [-0.15, -0.1) is 0 Å². The van der Waals surface area contributed by atoms with Gasteiger partial charge in [-0.25, -0.2) is 4.79 Å². The lowest BCUT2D eigenvalue weighted by atomic mass is 9.91. The van der Waals surface area contributed by atoms with E-state index in [1.807, 2.05) is 44.3 Å². The second-order valence-corrected chi connectivity index (χ2v) is 7.80. The molecule has 1 heterocycles. The van der Waals surface area contributed by atoms with Crippen LogP contribution < -0.4 is 10.1 Å². The van der Waals surface area contributed by atoms with Crippen molar-refractivity contribution in [3.8, 4) is 5.75 Å². The van der Waals surface area contributed by atoms with Crippen LogP contribution in [0.5, 0.6) is 5.75 Å². The number of hydrogen-bond acceptors (Lipinski definition) is 4. The van der Waals surface area contributed by atoms with Crippen molar-refractivity contribution in [3.63, 3.8) is 0 Å². The minimum atomic E-state index is -0.399. The van der Waals surface area contributed by atoms with Crippen LogP contribution in [0.1, 0.15) is 60.2 Å². The smallest absolute Gasteiger partial charge is 0.337 e. The molecule has 1 unspecified atom stereocenters. The number of esters is 1. The fraction of sp³-hybridized carbons (Fsp3) is 0.308. The average molecular weight is 435 g/mol. The number of amides is 1. The second kappa shape index (κ2) is 10.2. The number of carbonyl (C=O) groups excluding carboxylic acids is 2. The highest BCUT2D eigenvalue weighted by Gasteiger charge is 2.19. The van der Waals surface area contributed by atoms with Gasteiger partial charge in [0.2, 0.25) is 5.91 Å². The molecular weight excluding hydrogens is 404 g/mol. The van der Waals surface area contributed by atoms with Crippen LogP contribution in [0.2, 0.25) is 0 Å². The van der Waals surface area contributed by atoms with Gasteiger partial charge in [0, 0.05) is 40.7 Å². The van der Waals surface area contributed by atoms with Crippen LogP contribution in [0.3, 0.4) is 0 Å². The van der Waals surface area contributed by atoms with Gasteiger partial charge >= 0.3 is 5.97 Å². The number of aromatic amines is 1. The van der Waals surface area contributed by atoms with Crippen molar-refractivity contribution >= 4 is 28.9 Å². The molecule has 0 spiro atoms. The molecule has 6 heteroatoms. The molecule has 0 fully saturated rings. The summed E-state index contributed by atoms with van der Waals surface area (Å²) in [4.78, 5) is 27.4. The fourth-order valence-electron chi connectivity index (χ4n) is 3.78. The van der Waals surface area contributed by atoms with Gasteiger partial charge < -0.3 is 19.8 Å². The molecule has 1 amide bonds. The van der Waals surface area contributed by atoms with E-state index >= 15 is 0 Å². The number of benzene rings is 2. The van der Waals surface area contributed by atoms with Crippen LogP contribution in [0.15, 0.2) is 48.2 Å². The summed E-state index contributed by atoms with van der Waals surface area (Å²) in [5.41, 5.74) is 5.17. The van der Waals surface area contributed by atoms with E-state index in [4.69, 9.17) is 9.47 Å². The predicted octanol–water partition coefficient (Wildman–Crippen LogP) is 5.04. The lowest BCUT2D eigenvalue weighted by Gasteiger charge is -2.16. The van der Waals surface area contributed by atoms with E-state index in [-0.39, 0.29) is 11.8 Å². The standard InChI is InChI=1S/C26H30N2O4/c1-6-11-27-25(29)16(2)12-18-7-10-23-21(13-18)22(15-28-23)17(3)20-9-8-19(26(30)32-5)14-24(20)31-4/h7-10,12-15,17,28H,6,11H2,1-5H3,(H,27,29). The zero-order valence-corrected chi connectivity index (χ0v) is 19.2. The number of fused-ring (bicyclic) bond motifs is 1. The van der Waals surface area contributed by atoms with E-state index in [2.05, 4.69) is 23.3 Å². The van der Waals surface area contributed by atoms with Gasteiger partial charge in [-0.1, -0.05) is 26.0 Å². The summed E-state index contributed by atoms with van der Waals surface area (Å²) >= 11 is 0. The third-order valence-corrected chi connectivity index (χ3v) is 5.60. The van der Waals surface area contributed by atoms with Crippen molar-refractivity contribution in [1.82, 2.24) is 10.3 Å². The molecule has 0 aliphatic carbocycles. The number of ether oxygens (including phenoxy) is 2. The molecule has 2 N–H and O–H groups in total. The molecule has 1 atom stereocenters. The zero-order chi connectivity index (χ0) is 23.3. The van der Waals surface area contributed by atoms with Crippen LogP contribution in [0.25, 0.3) is 17.0 Å². The third-order valence-electron chi connectivity index (χ3n) is 5.60. The minimum Gasteiger partial charge on any atom is -0.496 e. The van der Waals surface area contributed by atoms with Gasteiger partial charge in [-0.2, -0.15) is 0 Å². The Morgan fingerprint density at radius 2 is 1.91 bits per heavy atom. The number of nitrogens with one attached hydrogen (secondary N) is 2. The third kappa shape index (κ3) is 4.85. The first-order chi connectivity index (χ1) is 15.4. The molecule has 3 rings (SSSR count). The van der Waals surface area contributed by atoms with Gasteiger partial charge in [0.25, 0.3) is 0 Å². The van der Waals surface area contributed by atoms with E-state index in [1.54, 1.807) is 19.2 Å². The summed E-state index contributed by atoms with van der Waals surface area (Å²) in [6.07, 6.45) is 4.80. The highest BCUT2D eigenvalue weighted by Crippen LogP contribution is 2.36. The Morgan fingerprint density at radius 3 is 2.59 bits per heavy atom. The molecule has 0 radical (unpaired) electrons. The molecule has 0 aliphatic rings. The Bertz CT molecular complexity index is 1160. The average Bonchev–Trinajstić information content (AvgIpc) is 3.24. The predicted molar refractivity (Wildman–Crippen MR) is 127 cm³/mol. The normalized spacial score (nSPS) is 12.5. The SMILES string of the molecule is CCCNC(=O)C(C)=Cc1ccc2[nH]cc(C(C)c3ccc(C(=O)OC)cc3OC)c2c1. The lowest BCUT2D eigenvalue weighted by Crippen LogP contribution is -2.24. The van der Waals surface area contributed by atoms with Crippen LogP contribution >= 0.6 is 0 Å². The summed E-state index contributed by atoms with van der Waals surface area (Å²) < 4.78 is 10.4. The van der Waals surface area contributed by atoms with Gasteiger partial charge in [-0.05, 0) is 54.8 Å². The van der Waals surface area contributed by atoms with E-state index in [1.165, 1.54) is 7.11 Å². The van der Waals surface area contributed by atoms with Crippen molar-refractivity contribution in [2.45, 2.75) is 33.1 Å². The Morgan fingerprint density at radius 1 is 1.12 bits per heavy atom. The molecule has 1 aromatic heterocycles. The zero-order valence-electron chi connectivity index (χ0n) is 19.2. The van der Waals surface area contributed by atoms with Crippen LogP contribution in [0, 0.1) is 0 Å². The van der Waals surface area contributed by atoms with Gasteiger partial charge in [0.05, 0.1) is 19.8 Å². The van der Waals surface area contributed by atoms with E-state index in [9.17, 15) is 9.59 Å². The minimum absolute atomic E-state index is 0.0126. The summed E-state index contributed by atoms with van der Waals surface area (Å²) in [7, 11) is 2.95. The fourth-order valence-corrected chi connectivity index (χ4v) is 3.78. The number of H-pyrrole nitrogens is 1. The number of methoxy groups -OCH3 is 2. The molecule has 6 nitrogen and oxygen atoms in total. The monoisotopic (exact) mass is 434 g/mol. The van der Waals surface area contributed by atoms with Gasteiger partial charge in [0.1, 0.15) is 5.75 Å². The van der Waals surface area contributed by atoms with Crippen molar-refractivity contribution < 1.29 is 19.1 Å². The Kier molecular flexibility index (Phi) is 7.36. The maximum absolute atomic E-state index is 12.2. The van der Waals surface area contributed by atoms with Gasteiger partial charge in [0.15, 0.2) is 0 Å². The Balaban J connectivity index is 1.97.